The zero-order valence-electron chi connectivity index (χ0n) is 23.0. The third kappa shape index (κ3) is 5.89. The van der Waals surface area contributed by atoms with Gasteiger partial charge in [-0.3, -0.25) is 4.79 Å². The number of amides is 1. The number of ether oxygens (including phenoxy) is 4. The highest BCUT2D eigenvalue weighted by Crippen LogP contribution is 2.62. The first-order valence-electron chi connectivity index (χ1n) is 13.9. The molecule has 1 amide bonds. The minimum Gasteiger partial charge on any atom is -0.467 e. The van der Waals surface area contributed by atoms with E-state index < -0.39 is 5.97 Å². The first-order chi connectivity index (χ1) is 18.9. The van der Waals surface area contributed by atoms with Crippen LogP contribution in [0.4, 0.5) is 5.69 Å². The molecule has 4 aliphatic carbocycles. The molecule has 0 atom stereocenters. The molecule has 7 heteroatoms. The third-order valence-corrected chi connectivity index (χ3v) is 8.69. The fourth-order valence-corrected chi connectivity index (χ4v) is 7.30. The second kappa shape index (κ2) is 11.9. The minimum absolute atomic E-state index is 0.0545. The van der Waals surface area contributed by atoms with E-state index in [1.165, 1.54) is 25.3 Å². The minimum atomic E-state index is -0.419. The summed E-state index contributed by atoms with van der Waals surface area (Å²) in [5.41, 5.74) is 2.96. The molecule has 6 rings (SSSR count). The molecule has 4 fully saturated rings. The summed E-state index contributed by atoms with van der Waals surface area (Å²) in [6, 6.07) is 12.7. The van der Waals surface area contributed by atoms with Crippen molar-refractivity contribution in [1.82, 2.24) is 0 Å². The molecule has 0 N–H and O–H groups in total. The Labute approximate surface area is 231 Å². The zero-order valence-corrected chi connectivity index (χ0v) is 23.0. The van der Waals surface area contributed by atoms with E-state index in [1.807, 2.05) is 12.1 Å². The lowest BCUT2D eigenvalue weighted by molar-refractivity contribution is -0.0189. The highest BCUT2D eigenvalue weighted by Gasteiger charge is 2.52. The van der Waals surface area contributed by atoms with Gasteiger partial charge < -0.3 is 23.8 Å². The second-order valence-electron chi connectivity index (χ2n) is 11.4. The average Bonchev–Trinajstić information content (AvgIpc) is 2.94. The van der Waals surface area contributed by atoms with Gasteiger partial charge in [0.1, 0.15) is 12.4 Å². The van der Waals surface area contributed by atoms with Crippen LogP contribution in [0.2, 0.25) is 0 Å². The van der Waals surface area contributed by atoms with Crippen LogP contribution in [-0.2, 0) is 19.6 Å². The quantitative estimate of drug-likeness (QED) is 0.149. The van der Waals surface area contributed by atoms with E-state index in [2.05, 4.69) is 12.6 Å². The lowest BCUT2D eigenvalue weighted by atomic mass is 9.48. The molecule has 2 aromatic carbocycles. The summed E-state index contributed by atoms with van der Waals surface area (Å²) >= 11 is 0. The number of carbonyl (C=O) groups excluding carboxylic acids is 2. The van der Waals surface area contributed by atoms with Crippen LogP contribution in [0.5, 0.6) is 5.75 Å². The zero-order chi connectivity index (χ0) is 27.4. The van der Waals surface area contributed by atoms with Gasteiger partial charge in [-0.15, -0.1) is 0 Å². The van der Waals surface area contributed by atoms with Gasteiger partial charge in [-0.25, -0.2) is 4.79 Å². The maximum Gasteiger partial charge on any atom is 0.338 e. The van der Waals surface area contributed by atoms with Crippen molar-refractivity contribution in [2.45, 2.75) is 43.9 Å². The van der Waals surface area contributed by atoms with Gasteiger partial charge in [0.15, 0.2) is 6.79 Å². The van der Waals surface area contributed by atoms with Crippen molar-refractivity contribution in [3.8, 4) is 5.75 Å². The number of hydrogen-bond donors (Lipinski definition) is 0. The van der Waals surface area contributed by atoms with E-state index in [-0.39, 0.29) is 24.7 Å². The summed E-state index contributed by atoms with van der Waals surface area (Å²) in [5.74, 6) is 2.58. The van der Waals surface area contributed by atoms with E-state index in [4.69, 9.17) is 18.9 Å². The largest absolute Gasteiger partial charge is 0.467 e. The monoisotopic (exact) mass is 533 g/mol. The van der Waals surface area contributed by atoms with Crippen LogP contribution in [0, 0.1) is 17.8 Å². The van der Waals surface area contributed by atoms with Crippen molar-refractivity contribution < 1.29 is 28.5 Å². The van der Waals surface area contributed by atoms with Crippen LogP contribution in [0.1, 0.15) is 64.8 Å². The Kier molecular flexibility index (Phi) is 8.38. The normalized spacial score (nSPS) is 24.8. The number of methoxy groups -OCH3 is 1. The van der Waals surface area contributed by atoms with Gasteiger partial charge in [-0.05, 0) is 104 Å². The van der Waals surface area contributed by atoms with Crippen LogP contribution in [0.15, 0.2) is 55.1 Å². The average molecular weight is 534 g/mol. The summed E-state index contributed by atoms with van der Waals surface area (Å²) in [6.45, 7) is 4.85. The van der Waals surface area contributed by atoms with E-state index in [0.29, 0.717) is 30.0 Å². The fourth-order valence-electron chi connectivity index (χ4n) is 7.30. The molecule has 4 bridgehead atoms. The molecule has 0 aromatic heterocycles. The number of nitrogens with zero attached hydrogens (tertiary/aromatic N) is 1. The van der Waals surface area contributed by atoms with Crippen molar-refractivity contribution in [3.63, 3.8) is 0 Å². The second-order valence-corrected chi connectivity index (χ2v) is 11.4. The molecule has 0 heterocycles. The molecule has 0 spiro atoms. The van der Waals surface area contributed by atoms with E-state index in [9.17, 15) is 9.59 Å². The van der Waals surface area contributed by atoms with Crippen LogP contribution in [0.25, 0.3) is 0 Å². The van der Waals surface area contributed by atoms with Crippen LogP contribution >= 0.6 is 0 Å². The molecule has 0 unspecified atom stereocenters. The molecular formula is C32H39NO6. The molecular weight excluding hydrogens is 494 g/mol. The molecule has 0 saturated heterocycles. The van der Waals surface area contributed by atoms with Crippen molar-refractivity contribution in [3.05, 3.63) is 71.8 Å². The lowest BCUT2D eigenvalue weighted by Crippen LogP contribution is -2.48. The molecule has 0 radical (unpaired) electrons. The Bertz CT molecular complexity index is 1150. The van der Waals surface area contributed by atoms with Crippen molar-refractivity contribution in [2.75, 3.05) is 45.7 Å². The first kappa shape index (κ1) is 27.4. The smallest absolute Gasteiger partial charge is 0.338 e. The van der Waals surface area contributed by atoms with Crippen LogP contribution in [-0.4, -0.2) is 52.6 Å². The highest BCUT2D eigenvalue weighted by atomic mass is 16.7. The van der Waals surface area contributed by atoms with Gasteiger partial charge >= 0.3 is 5.97 Å². The van der Waals surface area contributed by atoms with Gasteiger partial charge in [0.25, 0.3) is 5.91 Å². The number of anilines is 1. The number of rotatable bonds is 12. The van der Waals surface area contributed by atoms with Crippen LogP contribution in [0.3, 0.4) is 0 Å². The third-order valence-electron chi connectivity index (χ3n) is 8.69. The van der Waals surface area contributed by atoms with E-state index in [1.54, 1.807) is 43.3 Å². The molecule has 4 saturated carbocycles. The molecule has 4 aliphatic rings. The number of hydrogen-bond acceptors (Lipinski definition) is 6. The molecule has 2 aromatic rings. The fraction of sp³-hybridized carbons (Fsp3) is 0.500. The summed E-state index contributed by atoms with van der Waals surface area (Å²) in [6.07, 6.45) is 9.04. The van der Waals surface area contributed by atoms with Crippen molar-refractivity contribution >= 4 is 17.6 Å². The Morgan fingerprint density at radius 2 is 1.62 bits per heavy atom. The summed E-state index contributed by atoms with van der Waals surface area (Å²) in [4.78, 5) is 27.4. The van der Waals surface area contributed by atoms with Gasteiger partial charge in [0.05, 0.1) is 18.8 Å². The summed E-state index contributed by atoms with van der Waals surface area (Å²) in [5, 5.41) is 0. The number of esters is 1. The summed E-state index contributed by atoms with van der Waals surface area (Å²) in [7, 11) is 3.40. The van der Waals surface area contributed by atoms with Gasteiger partial charge in [0, 0.05) is 31.0 Å². The number of benzene rings is 2. The SMILES string of the molecule is C=CCOC(=O)c1ccc(N(C)C(=O)c2ccc(OCOCCOC)c(C34CC5CC(CC(C5)C3)C4)c2)cc1. The van der Waals surface area contributed by atoms with Gasteiger partial charge in [-0.1, -0.05) is 12.7 Å². The standard InChI is InChI=1S/C32H39NO6/c1-4-11-38-31(35)25-5-8-27(9-6-25)33(2)30(34)26-7-10-29(39-21-37-13-12-36-3)28(17-26)32-18-22-14-23(19-32)16-24(15-22)20-32/h4-10,17,22-24H,1,11-16,18-21H2,2-3H3. The topological polar surface area (TPSA) is 74.3 Å². The van der Waals surface area contributed by atoms with Gasteiger partial charge in [0.2, 0.25) is 0 Å². The van der Waals surface area contributed by atoms with E-state index >= 15 is 0 Å². The number of carbonyl (C=O) groups is 2. The maximum atomic E-state index is 13.7. The van der Waals surface area contributed by atoms with Crippen molar-refractivity contribution in [2.24, 2.45) is 17.8 Å². The Hall–Kier alpha value is -3.16. The van der Waals surface area contributed by atoms with Crippen LogP contribution < -0.4 is 9.64 Å². The molecule has 39 heavy (non-hydrogen) atoms. The first-order valence-corrected chi connectivity index (χ1v) is 13.9. The summed E-state index contributed by atoms with van der Waals surface area (Å²) < 4.78 is 21.9. The molecule has 0 aliphatic heterocycles. The predicted molar refractivity (Wildman–Crippen MR) is 149 cm³/mol. The van der Waals surface area contributed by atoms with Crippen molar-refractivity contribution in [1.29, 1.82) is 0 Å². The lowest BCUT2D eigenvalue weighted by Gasteiger charge is -2.57. The Balaban J connectivity index is 1.38. The Morgan fingerprint density at radius 3 is 2.23 bits per heavy atom. The Morgan fingerprint density at radius 1 is 0.974 bits per heavy atom. The van der Waals surface area contributed by atoms with Gasteiger partial charge in [-0.2, -0.15) is 0 Å². The van der Waals surface area contributed by atoms with E-state index in [0.717, 1.165) is 48.3 Å². The molecule has 208 valence electrons. The predicted octanol–water partition coefficient (Wildman–Crippen LogP) is 5.77. The highest BCUT2D eigenvalue weighted by molar-refractivity contribution is 6.06. The maximum absolute atomic E-state index is 13.7. The molecule has 7 nitrogen and oxygen atoms in total.